The third-order valence-electron chi connectivity index (χ3n) is 2.72. The number of hydrogen-bond donors (Lipinski definition) is 1. The normalized spacial score (nSPS) is 13.0. The van der Waals surface area contributed by atoms with Crippen LogP contribution in [0.1, 0.15) is 57.2 Å². The van der Waals surface area contributed by atoms with Gasteiger partial charge in [0.1, 0.15) is 0 Å². The maximum Gasteiger partial charge on any atom is 0.0947 e. The molecule has 1 aromatic rings. The third-order valence-corrected chi connectivity index (χ3v) is 2.72. The summed E-state index contributed by atoms with van der Waals surface area (Å²) in [6, 6.07) is 0.118. The van der Waals surface area contributed by atoms with Crippen molar-refractivity contribution < 1.29 is 0 Å². The summed E-state index contributed by atoms with van der Waals surface area (Å²) in [6.07, 6.45) is 11.4. The highest BCUT2D eigenvalue weighted by Crippen LogP contribution is 2.15. The van der Waals surface area contributed by atoms with E-state index in [0.29, 0.717) is 0 Å². The van der Waals surface area contributed by atoms with Crippen LogP contribution in [0.3, 0.4) is 0 Å². The summed E-state index contributed by atoms with van der Waals surface area (Å²) < 4.78 is 1.95. The summed E-state index contributed by atoms with van der Waals surface area (Å²) in [6.45, 7) is 2.24. The highest BCUT2D eigenvalue weighted by Gasteiger charge is 2.07. The van der Waals surface area contributed by atoms with Gasteiger partial charge in [-0.15, -0.1) is 0 Å². The van der Waals surface area contributed by atoms with E-state index in [9.17, 15) is 0 Å². The fourth-order valence-electron chi connectivity index (χ4n) is 1.74. The summed E-state index contributed by atoms with van der Waals surface area (Å²) in [5.41, 5.74) is 7.07. The summed E-state index contributed by atoms with van der Waals surface area (Å²) in [5, 5.41) is 0. The highest BCUT2D eigenvalue weighted by atomic mass is 15.0. The summed E-state index contributed by atoms with van der Waals surface area (Å²) >= 11 is 0. The molecular weight excluding hydrogens is 186 g/mol. The van der Waals surface area contributed by atoms with Crippen molar-refractivity contribution in [1.29, 1.82) is 0 Å². The third kappa shape index (κ3) is 4.47. The smallest absolute Gasteiger partial charge is 0.0947 e. The van der Waals surface area contributed by atoms with Gasteiger partial charge in [0.25, 0.3) is 0 Å². The molecule has 0 spiro atoms. The molecule has 1 unspecified atom stereocenters. The topological polar surface area (TPSA) is 43.8 Å². The van der Waals surface area contributed by atoms with E-state index in [1.165, 1.54) is 32.1 Å². The molecule has 1 heterocycles. The second-order valence-corrected chi connectivity index (χ2v) is 4.27. The van der Waals surface area contributed by atoms with Crippen LogP contribution in [-0.2, 0) is 7.05 Å². The van der Waals surface area contributed by atoms with Crippen LogP contribution in [-0.4, -0.2) is 9.55 Å². The first-order valence-corrected chi connectivity index (χ1v) is 5.97. The van der Waals surface area contributed by atoms with Crippen LogP contribution in [0.2, 0.25) is 0 Å². The molecule has 0 radical (unpaired) electrons. The first-order chi connectivity index (χ1) is 7.24. The first-order valence-electron chi connectivity index (χ1n) is 5.97. The maximum absolute atomic E-state index is 6.05. The zero-order valence-corrected chi connectivity index (χ0v) is 9.95. The second-order valence-electron chi connectivity index (χ2n) is 4.27. The van der Waals surface area contributed by atoms with Crippen LogP contribution in [0.4, 0.5) is 0 Å². The van der Waals surface area contributed by atoms with Gasteiger partial charge in [0.05, 0.1) is 12.0 Å². The van der Waals surface area contributed by atoms with E-state index in [1.54, 1.807) is 0 Å². The van der Waals surface area contributed by atoms with E-state index in [-0.39, 0.29) is 6.04 Å². The molecule has 86 valence electrons. The van der Waals surface area contributed by atoms with Crippen molar-refractivity contribution in [2.45, 2.75) is 51.5 Å². The van der Waals surface area contributed by atoms with Gasteiger partial charge in [-0.25, -0.2) is 4.98 Å². The SMILES string of the molecule is CCCCCCCC(N)c1cn(C)cn1. The van der Waals surface area contributed by atoms with Crippen molar-refractivity contribution in [2.24, 2.45) is 12.8 Å². The molecule has 1 atom stereocenters. The van der Waals surface area contributed by atoms with Crippen LogP contribution in [0.15, 0.2) is 12.5 Å². The molecule has 0 aliphatic carbocycles. The molecular formula is C12H23N3. The molecule has 0 saturated carbocycles. The number of aryl methyl sites for hydroxylation is 1. The van der Waals surface area contributed by atoms with Crippen LogP contribution >= 0.6 is 0 Å². The Hall–Kier alpha value is -0.830. The minimum Gasteiger partial charge on any atom is -0.340 e. The molecule has 2 N–H and O–H groups in total. The Kier molecular flexibility index (Phi) is 5.40. The number of hydrogen-bond acceptors (Lipinski definition) is 2. The number of rotatable bonds is 7. The predicted octanol–water partition coefficient (Wildman–Crippen LogP) is 2.78. The summed E-state index contributed by atoms with van der Waals surface area (Å²) in [4.78, 5) is 4.27. The lowest BCUT2D eigenvalue weighted by atomic mass is 10.1. The minimum absolute atomic E-state index is 0.118. The zero-order chi connectivity index (χ0) is 11.1. The van der Waals surface area contributed by atoms with Gasteiger partial charge in [-0.3, -0.25) is 0 Å². The van der Waals surface area contributed by atoms with Crippen LogP contribution in [0.5, 0.6) is 0 Å². The lowest BCUT2D eigenvalue weighted by Gasteiger charge is -2.07. The Bertz CT molecular complexity index is 268. The van der Waals surface area contributed by atoms with E-state index in [4.69, 9.17) is 5.73 Å². The molecule has 1 aromatic heterocycles. The molecule has 0 aliphatic heterocycles. The molecule has 0 aliphatic rings. The van der Waals surface area contributed by atoms with Gasteiger partial charge in [0.2, 0.25) is 0 Å². The Labute approximate surface area is 92.7 Å². The Balaban J connectivity index is 2.16. The Morgan fingerprint density at radius 2 is 2.07 bits per heavy atom. The summed E-state index contributed by atoms with van der Waals surface area (Å²) in [5.74, 6) is 0. The molecule has 3 heteroatoms. The molecule has 0 fully saturated rings. The van der Waals surface area contributed by atoms with Crippen molar-refractivity contribution in [3.63, 3.8) is 0 Å². The molecule has 1 rings (SSSR count). The van der Waals surface area contributed by atoms with Crippen molar-refractivity contribution in [3.8, 4) is 0 Å². The highest BCUT2D eigenvalue weighted by molar-refractivity contribution is 5.02. The Morgan fingerprint density at radius 1 is 1.33 bits per heavy atom. The van der Waals surface area contributed by atoms with E-state index in [1.807, 2.05) is 24.1 Å². The maximum atomic E-state index is 6.05. The molecule has 0 amide bonds. The molecule has 0 saturated heterocycles. The van der Waals surface area contributed by atoms with Gasteiger partial charge >= 0.3 is 0 Å². The average Bonchev–Trinajstić information content (AvgIpc) is 2.64. The van der Waals surface area contributed by atoms with Gasteiger partial charge in [-0.2, -0.15) is 0 Å². The number of imidazole rings is 1. The Morgan fingerprint density at radius 3 is 2.67 bits per heavy atom. The van der Waals surface area contributed by atoms with Crippen LogP contribution in [0, 0.1) is 0 Å². The van der Waals surface area contributed by atoms with Crippen LogP contribution in [0.25, 0.3) is 0 Å². The molecule has 15 heavy (non-hydrogen) atoms. The standard InChI is InChI=1S/C12H23N3/c1-3-4-5-6-7-8-11(13)12-9-15(2)10-14-12/h9-11H,3-8,13H2,1-2H3. The van der Waals surface area contributed by atoms with Gasteiger partial charge in [-0.1, -0.05) is 39.0 Å². The molecule has 0 bridgehead atoms. The lowest BCUT2D eigenvalue weighted by molar-refractivity contribution is 0.549. The quantitative estimate of drug-likeness (QED) is 0.702. The summed E-state index contributed by atoms with van der Waals surface area (Å²) in [7, 11) is 1.98. The average molecular weight is 209 g/mol. The number of nitrogens with zero attached hydrogens (tertiary/aromatic N) is 2. The van der Waals surface area contributed by atoms with E-state index in [0.717, 1.165) is 12.1 Å². The minimum atomic E-state index is 0.118. The first kappa shape index (κ1) is 12.2. The monoisotopic (exact) mass is 209 g/mol. The van der Waals surface area contributed by atoms with E-state index >= 15 is 0 Å². The van der Waals surface area contributed by atoms with E-state index < -0.39 is 0 Å². The van der Waals surface area contributed by atoms with Gasteiger partial charge < -0.3 is 10.3 Å². The number of aromatic nitrogens is 2. The second kappa shape index (κ2) is 6.62. The number of unbranched alkanes of at least 4 members (excludes halogenated alkanes) is 4. The lowest BCUT2D eigenvalue weighted by Crippen LogP contribution is -2.10. The zero-order valence-electron chi connectivity index (χ0n) is 9.95. The van der Waals surface area contributed by atoms with Crippen LogP contribution < -0.4 is 5.73 Å². The fraction of sp³-hybridized carbons (Fsp3) is 0.750. The molecule has 3 nitrogen and oxygen atoms in total. The van der Waals surface area contributed by atoms with Gasteiger partial charge in [0.15, 0.2) is 0 Å². The predicted molar refractivity (Wildman–Crippen MR) is 63.5 cm³/mol. The van der Waals surface area contributed by atoms with Gasteiger partial charge in [-0.05, 0) is 6.42 Å². The molecule has 0 aromatic carbocycles. The van der Waals surface area contributed by atoms with Gasteiger partial charge in [0, 0.05) is 19.3 Å². The number of nitrogens with two attached hydrogens (primary N) is 1. The van der Waals surface area contributed by atoms with Crippen molar-refractivity contribution in [3.05, 3.63) is 18.2 Å². The largest absolute Gasteiger partial charge is 0.340 e. The van der Waals surface area contributed by atoms with Crippen molar-refractivity contribution >= 4 is 0 Å². The van der Waals surface area contributed by atoms with Crippen molar-refractivity contribution in [1.82, 2.24) is 9.55 Å². The van der Waals surface area contributed by atoms with Crippen molar-refractivity contribution in [2.75, 3.05) is 0 Å². The van der Waals surface area contributed by atoms with E-state index in [2.05, 4.69) is 11.9 Å². The fourth-order valence-corrected chi connectivity index (χ4v) is 1.74.